The van der Waals surface area contributed by atoms with Crippen LogP contribution < -0.4 is 0 Å². The van der Waals surface area contributed by atoms with E-state index in [0.29, 0.717) is 6.42 Å². The first kappa shape index (κ1) is 21.7. The predicted octanol–water partition coefficient (Wildman–Crippen LogP) is 5.12. The van der Waals surface area contributed by atoms with Crippen LogP contribution in [0.3, 0.4) is 0 Å². The van der Waals surface area contributed by atoms with E-state index < -0.39 is 0 Å². The van der Waals surface area contributed by atoms with Crippen molar-refractivity contribution in [2.45, 2.75) is 91.3 Å². The molecular weight excluding hydrogens is 368 g/mol. The van der Waals surface area contributed by atoms with Gasteiger partial charge in [0.2, 0.25) is 0 Å². The van der Waals surface area contributed by atoms with Gasteiger partial charge in [-0.25, -0.2) is 0 Å². The lowest BCUT2D eigenvalue weighted by molar-refractivity contribution is -0.177. The topological polar surface area (TPSA) is 65.7 Å². The first-order valence-electron chi connectivity index (χ1n) is 10.6. The van der Waals surface area contributed by atoms with Gasteiger partial charge in [0.15, 0.2) is 0 Å². The number of ether oxygens (including phenoxy) is 2. The van der Waals surface area contributed by atoms with E-state index in [0.717, 1.165) is 31.2 Å². The van der Waals surface area contributed by atoms with Crippen molar-refractivity contribution in [3.63, 3.8) is 0 Å². The van der Waals surface area contributed by atoms with Gasteiger partial charge in [-0.3, -0.25) is 9.59 Å². The van der Waals surface area contributed by atoms with Crippen LogP contribution in [0.5, 0.6) is 0 Å². The molecule has 2 aliphatic rings. The zero-order valence-electron chi connectivity index (χ0n) is 18.5. The molecule has 5 atom stereocenters. The van der Waals surface area contributed by atoms with Gasteiger partial charge >= 0.3 is 11.9 Å². The van der Waals surface area contributed by atoms with Crippen LogP contribution in [-0.2, 0) is 30.9 Å². The molecule has 1 aromatic heterocycles. The van der Waals surface area contributed by atoms with Crippen molar-refractivity contribution < 1.29 is 23.5 Å². The summed E-state index contributed by atoms with van der Waals surface area (Å²) < 4.78 is 17.3. The molecule has 1 saturated carbocycles. The Morgan fingerprint density at radius 3 is 2.52 bits per heavy atom. The first-order valence-corrected chi connectivity index (χ1v) is 10.6. The van der Waals surface area contributed by atoms with Crippen LogP contribution in [0.15, 0.2) is 28.6 Å². The molecule has 1 heterocycles. The van der Waals surface area contributed by atoms with E-state index in [4.69, 9.17) is 13.9 Å². The number of aryl methyl sites for hydroxylation is 1. The van der Waals surface area contributed by atoms with E-state index in [-0.39, 0.29) is 40.9 Å². The summed E-state index contributed by atoms with van der Waals surface area (Å²) in [4.78, 5) is 23.8. The van der Waals surface area contributed by atoms with Crippen LogP contribution >= 0.6 is 0 Å². The standard InChI is InChI=1S/C24H34O5/c1-15(2)7-10-21(28-16(3)25)23(5)12-11-22(29-17(4)26)24(6)19-14-27-13-18(19)8-9-20(23)24/h7,13-14,20-22H,8-12H2,1-6H3/t20-,21?,22+,23+,24+/m0/s1. The molecule has 0 N–H and O–H groups in total. The lowest BCUT2D eigenvalue weighted by Gasteiger charge is -2.58. The minimum absolute atomic E-state index is 0.202. The number of carbonyl (C=O) groups is 2. The summed E-state index contributed by atoms with van der Waals surface area (Å²) in [6, 6.07) is 0. The van der Waals surface area contributed by atoms with Crippen molar-refractivity contribution in [3.05, 3.63) is 35.3 Å². The Labute approximate surface area is 173 Å². The van der Waals surface area contributed by atoms with Crippen molar-refractivity contribution in [2.24, 2.45) is 11.3 Å². The number of allylic oxidation sites excluding steroid dienone is 1. The zero-order valence-corrected chi connectivity index (χ0v) is 18.5. The van der Waals surface area contributed by atoms with E-state index in [2.05, 4.69) is 33.8 Å². The van der Waals surface area contributed by atoms with Gasteiger partial charge in [0, 0.05) is 36.7 Å². The molecule has 0 aliphatic heterocycles. The third-order valence-electron chi connectivity index (χ3n) is 7.25. The van der Waals surface area contributed by atoms with Gasteiger partial charge in [0.1, 0.15) is 12.2 Å². The zero-order chi connectivity index (χ0) is 21.4. The smallest absolute Gasteiger partial charge is 0.302 e. The summed E-state index contributed by atoms with van der Waals surface area (Å²) in [5, 5.41) is 0. The molecular formula is C24H34O5. The molecule has 0 bridgehead atoms. The highest BCUT2D eigenvalue weighted by atomic mass is 16.5. The maximum absolute atomic E-state index is 12.0. The van der Waals surface area contributed by atoms with Gasteiger partial charge in [-0.05, 0) is 51.0 Å². The quantitative estimate of drug-likeness (QED) is 0.505. The Kier molecular flexibility index (Phi) is 5.98. The van der Waals surface area contributed by atoms with Crippen LogP contribution in [0.2, 0.25) is 0 Å². The first-order chi connectivity index (χ1) is 13.6. The third kappa shape index (κ3) is 3.88. The highest BCUT2D eigenvalue weighted by molar-refractivity contribution is 5.67. The molecule has 0 spiro atoms. The largest absolute Gasteiger partial charge is 0.472 e. The Morgan fingerprint density at radius 2 is 1.90 bits per heavy atom. The van der Waals surface area contributed by atoms with Gasteiger partial charge in [-0.2, -0.15) is 0 Å². The summed E-state index contributed by atoms with van der Waals surface area (Å²) in [7, 11) is 0. The molecule has 29 heavy (non-hydrogen) atoms. The lowest BCUT2D eigenvalue weighted by atomic mass is 9.47. The number of fused-ring (bicyclic) bond motifs is 3. The van der Waals surface area contributed by atoms with Crippen LogP contribution in [0, 0.1) is 11.3 Å². The van der Waals surface area contributed by atoms with E-state index in [1.54, 1.807) is 0 Å². The molecule has 0 saturated heterocycles. The normalized spacial score (nSPS) is 31.8. The average molecular weight is 403 g/mol. The molecule has 0 amide bonds. The summed E-state index contributed by atoms with van der Waals surface area (Å²) in [6.45, 7) is 11.5. The van der Waals surface area contributed by atoms with E-state index >= 15 is 0 Å². The minimum atomic E-state index is -0.372. The fourth-order valence-electron chi connectivity index (χ4n) is 5.87. The highest BCUT2D eigenvalue weighted by Crippen LogP contribution is 2.60. The van der Waals surface area contributed by atoms with Crippen molar-refractivity contribution in [3.8, 4) is 0 Å². The van der Waals surface area contributed by atoms with Crippen LogP contribution in [0.1, 0.15) is 78.4 Å². The number of esters is 2. The van der Waals surface area contributed by atoms with Gasteiger partial charge in [0.05, 0.1) is 12.5 Å². The maximum Gasteiger partial charge on any atom is 0.302 e. The van der Waals surface area contributed by atoms with Crippen LogP contribution in [-0.4, -0.2) is 24.1 Å². The minimum Gasteiger partial charge on any atom is -0.472 e. The molecule has 1 unspecified atom stereocenters. The third-order valence-corrected chi connectivity index (χ3v) is 7.25. The van der Waals surface area contributed by atoms with E-state index in [9.17, 15) is 9.59 Å². The van der Waals surface area contributed by atoms with E-state index in [1.807, 2.05) is 12.5 Å². The summed E-state index contributed by atoms with van der Waals surface area (Å²) in [6.07, 6.45) is 9.51. The van der Waals surface area contributed by atoms with Crippen molar-refractivity contribution in [1.82, 2.24) is 0 Å². The highest BCUT2D eigenvalue weighted by Gasteiger charge is 2.60. The van der Waals surface area contributed by atoms with Gasteiger partial charge in [0.25, 0.3) is 0 Å². The monoisotopic (exact) mass is 402 g/mol. The van der Waals surface area contributed by atoms with Crippen LogP contribution in [0.25, 0.3) is 0 Å². The molecule has 1 fully saturated rings. The van der Waals surface area contributed by atoms with Crippen LogP contribution in [0.4, 0.5) is 0 Å². The second-order valence-corrected chi connectivity index (χ2v) is 9.44. The number of hydrogen-bond acceptors (Lipinski definition) is 5. The molecule has 2 aliphatic carbocycles. The SMILES string of the molecule is CC(=O)OC(CC=C(C)C)[C@]1(C)CC[C@@H](OC(C)=O)[C@]2(C)c3cocc3CC[C@H]21. The average Bonchev–Trinajstić information content (AvgIpc) is 3.10. The summed E-state index contributed by atoms with van der Waals surface area (Å²) >= 11 is 0. The number of hydrogen-bond donors (Lipinski definition) is 0. The Balaban J connectivity index is 2.06. The molecule has 1 aromatic rings. The molecule has 0 radical (unpaired) electrons. The van der Waals surface area contributed by atoms with Gasteiger partial charge in [-0.15, -0.1) is 0 Å². The number of furan rings is 1. The molecule has 0 aromatic carbocycles. The molecule has 160 valence electrons. The maximum atomic E-state index is 12.0. The van der Waals surface area contributed by atoms with Crippen molar-refractivity contribution in [2.75, 3.05) is 0 Å². The molecule has 3 rings (SSSR count). The van der Waals surface area contributed by atoms with Gasteiger partial charge in [-0.1, -0.05) is 25.5 Å². The molecule has 5 nitrogen and oxygen atoms in total. The summed E-state index contributed by atoms with van der Waals surface area (Å²) in [5.41, 5.74) is 2.94. The van der Waals surface area contributed by atoms with Crippen molar-refractivity contribution in [1.29, 1.82) is 0 Å². The Morgan fingerprint density at radius 1 is 1.17 bits per heavy atom. The fourth-order valence-corrected chi connectivity index (χ4v) is 5.87. The predicted molar refractivity (Wildman–Crippen MR) is 110 cm³/mol. The lowest BCUT2D eigenvalue weighted by Crippen LogP contribution is -2.60. The number of carbonyl (C=O) groups excluding carboxylic acids is 2. The Bertz CT molecular complexity index is 802. The second kappa shape index (κ2) is 8.00. The van der Waals surface area contributed by atoms with E-state index in [1.165, 1.54) is 25.0 Å². The van der Waals surface area contributed by atoms with Crippen molar-refractivity contribution >= 4 is 11.9 Å². The summed E-state index contributed by atoms with van der Waals surface area (Å²) in [5.74, 6) is -0.301. The fraction of sp³-hybridized carbons (Fsp3) is 0.667. The molecule has 5 heteroatoms. The number of rotatable bonds is 5. The second-order valence-electron chi connectivity index (χ2n) is 9.44. The Hall–Kier alpha value is -2.04. The van der Waals surface area contributed by atoms with Gasteiger partial charge < -0.3 is 13.9 Å².